The number of nitrogens with one attached hydrogen (secondary N) is 2. The quantitative estimate of drug-likeness (QED) is 0.572. The maximum absolute atomic E-state index is 11.3. The molecule has 27 heavy (non-hydrogen) atoms. The van der Waals surface area contributed by atoms with Gasteiger partial charge in [0, 0.05) is 36.4 Å². The third kappa shape index (κ3) is 6.42. The summed E-state index contributed by atoms with van der Waals surface area (Å²) < 4.78 is 14.2. The summed E-state index contributed by atoms with van der Waals surface area (Å²) in [5, 5.41) is 12.8. The Morgan fingerprint density at radius 2 is 1.70 bits per heavy atom. The molecule has 1 heterocycles. The van der Waals surface area contributed by atoms with Crippen molar-refractivity contribution in [2.24, 2.45) is 0 Å². The Balaban J connectivity index is 0.00000126. The molecule has 0 fully saturated rings. The van der Waals surface area contributed by atoms with Crippen molar-refractivity contribution in [2.75, 3.05) is 16.3 Å². The van der Waals surface area contributed by atoms with E-state index in [1.54, 1.807) is 30.8 Å². The fourth-order valence-corrected chi connectivity index (χ4v) is 2.95. The highest BCUT2D eigenvalue weighted by Gasteiger charge is 2.03. The number of rotatable bonds is 6. The molecule has 0 aliphatic carbocycles. The lowest BCUT2D eigenvalue weighted by Crippen LogP contribution is -2.01. The molecule has 0 saturated carbocycles. The van der Waals surface area contributed by atoms with Crippen molar-refractivity contribution >= 4 is 22.4 Å². The summed E-state index contributed by atoms with van der Waals surface area (Å²) >= 11 is 0. The number of anilines is 2. The smallest absolute Gasteiger partial charge is 0.115 e. The van der Waals surface area contributed by atoms with E-state index in [2.05, 4.69) is 15.0 Å². The van der Waals surface area contributed by atoms with Crippen LogP contribution in [0.2, 0.25) is 0 Å². The maximum atomic E-state index is 11.3. The van der Waals surface area contributed by atoms with E-state index in [0.29, 0.717) is 6.54 Å². The van der Waals surface area contributed by atoms with E-state index in [1.807, 2.05) is 56.3 Å². The second-order valence-corrected chi connectivity index (χ2v) is 6.74. The second kappa shape index (κ2) is 10.3. The Kier molecular flexibility index (Phi) is 7.82. The number of hydrogen-bond acceptors (Lipinski definition) is 4. The maximum Gasteiger partial charge on any atom is 0.115 e. The molecular weight excluding hydrogens is 358 g/mol. The van der Waals surface area contributed by atoms with Crippen molar-refractivity contribution in [1.29, 1.82) is 0 Å². The van der Waals surface area contributed by atoms with Gasteiger partial charge in [-0.15, -0.1) is 0 Å². The number of phenolic OH excluding ortho intramolecular Hbond substituents is 1. The van der Waals surface area contributed by atoms with Gasteiger partial charge in [-0.1, -0.05) is 38.1 Å². The first-order chi connectivity index (χ1) is 13.1. The van der Waals surface area contributed by atoms with Crippen molar-refractivity contribution in [3.63, 3.8) is 0 Å². The molecule has 0 spiro atoms. The Labute approximate surface area is 163 Å². The molecule has 1 atom stereocenters. The minimum absolute atomic E-state index is 0.254. The lowest BCUT2D eigenvalue weighted by Gasteiger charge is -2.10. The van der Waals surface area contributed by atoms with Crippen LogP contribution < -0.4 is 10.0 Å². The molecular formula is C21H25N3O2S. The van der Waals surface area contributed by atoms with Gasteiger partial charge in [-0.3, -0.25) is 4.98 Å². The molecule has 0 bridgehead atoms. The molecule has 142 valence electrons. The van der Waals surface area contributed by atoms with Crippen LogP contribution in [0.15, 0.2) is 67.0 Å². The SMILES string of the molecule is CC.CS(=O)Nc1cccc(-c2cncc(NCc3cccc(O)c3)c2)c1. The van der Waals surface area contributed by atoms with Crippen molar-refractivity contribution in [3.8, 4) is 16.9 Å². The van der Waals surface area contributed by atoms with E-state index < -0.39 is 11.0 Å². The lowest BCUT2D eigenvalue weighted by molar-refractivity contribution is 0.474. The summed E-state index contributed by atoms with van der Waals surface area (Å²) in [5.41, 5.74) is 4.63. The average molecular weight is 384 g/mol. The highest BCUT2D eigenvalue weighted by atomic mass is 32.2. The molecule has 5 nitrogen and oxygen atoms in total. The monoisotopic (exact) mass is 383 g/mol. The van der Waals surface area contributed by atoms with Crippen LogP contribution in [0.4, 0.5) is 11.4 Å². The van der Waals surface area contributed by atoms with E-state index >= 15 is 0 Å². The van der Waals surface area contributed by atoms with Crippen LogP contribution in [-0.2, 0) is 17.5 Å². The number of phenols is 1. The number of pyridine rings is 1. The first-order valence-corrected chi connectivity index (χ1v) is 10.3. The van der Waals surface area contributed by atoms with Gasteiger partial charge in [-0.2, -0.15) is 0 Å². The van der Waals surface area contributed by atoms with E-state index in [4.69, 9.17) is 0 Å². The highest BCUT2D eigenvalue weighted by molar-refractivity contribution is 7.85. The first-order valence-electron chi connectivity index (χ1n) is 8.77. The third-order valence-corrected chi connectivity index (χ3v) is 4.13. The summed E-state index contributed by atoms with van der Waals surface area (Å²) in [7, 11) is -1.11. The van der Waals surface area contributed by atoms with E-state index in [0.717, 1.165) is 28.1 Å². The zero-order valence-electron chi connectivity index (χ0n) is 15.8. The van der Waals surface area contributed by atoms with Gasteiger partial charge in [0.2, 0.25) is 0 Å². The fraction of sp³-hybridized carbons (Fsp3) is 0.190. The summed E-state index contributed by atoms with van der Waals surface area (Å²) in [6, 6.07) is 16.9. The number of nitrogens with zero attached hydrogens (tertiary/aromatic N) is 1. The Hall–Kier alpha value is -2.86. The number of benzene rings is 2. The summed E-state index contributed by atoms with van der Waals surface area (Å²) in [6.07, 6.45) is 5.15. The van der Waals surface area contributed by atoms with Gasteiger partial charge >= 0.3 is 0 Å². The molecule has 1 unspecified atom stereocenters. The second-order valence-electron chi connectivity index (χ2n) is 5.62. The molecule has 3 aromatic rings. The van der Waals surface area contributed by atoms with Gasteiger partial charge in [0.05, 0.1) is 5.69 Å². The Morgan fingerprint density at radius 1 is 0.963 bits per heavy atom. The average Bonchev–Trinajstić information content (AvgIpc) is 2.68. The minimum Gasteiger partial charge on any atom is -0.508 e. The van der Waals surface area contributed by atoms with Crippen LogP contribution >= 0.6 is 0 Å². The number of hydrogen-bond donors (Lipinski definition) is 3. The van der Waals surface area contributed by atoms with Crippen LogP contribution in [-0.4, -0.2) is 20.6 Å². The summed E-state index contributed by atoms with van der Waals surface area (Å²) in [4.78, 5) is 4.29. The standard InChI is InChI=1S/C19H19N3O2S.C2H6/c1-25(24)22-17-6-3-5-15(9-17)16-10-18(13-20-12-16)21-11-14-4-2-7-19(23)8-14;1-2/h2-10,12-13,21-23H,11H2,1H3;1-2H3. The van der Waals surface area contributed by atoms with E-state index in [9.17, 15) is 9.32 Å². The number of aromatic nitrogens is 1. The number of aromatic hydroxyl groups is 1. The molecule has 3 N–H and O–H groups in total. The van der Waals surface area contributed by atoms with E-state index in [1.165, 1.54) is 0 Å². The molecule has 3 rings (SSSR count). The molecule has 0 amide bonds. The topological polar surface area (TPSA) is 74.2 Å². The normalized spacial score (nSPS) is 11.1. The molecule has 0 saturated heterocycles. The third-order valence-electron chi connectivity index (χ3n) is 3.60. The Bertz CT molecular complexity index is 900. The van der Waals surface area contributed by atoms with Crippen LogP contribution in [0.25, 0.3) is 11.1 Å². The van der Waals surface area contributed by atoms with E-state index in [-0.39, 0.29) is 5.75 Å². The zero-order valence-corrected chi connectivity index (χ0v) is 16.6. The molecule has 0 radical (unpaired) electrons. The van der Waals surface area contributed by atoms with Crippen molar-refractivity contribution < 1.29 is 9.32 Å². The van der Waals surface area contributed by atoms with Gasteiger partial charge < -0.3 is 15.1 Å². The minimum atomic E-state index is -1.11. The first kappa shape index (κ1) is 20.5. The molecule has 2 aromatic carbocycles. The Morgan fingerprint density at radius 3 is 2.44 bits per heavy atom. The fourth-order valence-electron chi connectivity index (χ4n) is 2.49. The van der Waals surface area contributed by atoms with Crippen molar-refractivity contribution in [2.45, 2.75) is 20.4 Å². The van der Waals surface area contributed by atoms with Gasteiger partial charge in [-0.05, 0) is 41.5 Å². The van der Waals surface area contributed by atoms with Crippen molar-refractivity contribution in [3.05, 3.63) is 72.6 Å². The molecule has 1 aromatic heterocycles. The highest BCUT2D eigenvalue weighted by Crippen LogP contribution is 2.24. The predicted molar refractivity (Wildman–Crippen MR) is 114 cm³/mol. The zero-order chi connectivity index (χ0) is 19.6. The van der Waals surface area contributed by atoms with Gasteiger partial charge in [0.15, 0.2) is 0 Å². The lowest BCUT2D eigenvalue weighted by atomic mass is 10.1. The van der Waals surface area contributed by atoms with Gasteiger partial charge in [0.25, 0.3) is 0 Å². The molecule has 0 aliphatic heterocycles. The summed E-state index contributed by atoms with van der Waals surface area (Å²) in [6.45, 7) is 4.59. The predicted octanol–water partition coefficient (Wildman–Crippen LogP) is 4.80. The largest absolute Gasteiger partial charge is 0.508 e. The van der Waals surface area contributed by atoms with Crippen LogP contribution in [0.3, 0.4) is 0 Å². The van der Waals surface area contributed by atoms with Gasteiger partial charge in [0.1, 0.15) is 16.7 Å². The van der Waals surface area contributed by atoms with Crippen LogP contribution in [0, 0.1) is 0 Å². The molecule has 0 aliphatic rings. The van der Waals surface area contributed by atoms with Crippen molar-refractivity contribution in [1.82, 2.24) is 4.98 Å². The van der Waals surface area contributed by atoms with Gasteiger partial charge in [-0.25, -0.2) is 4.21 Å². The summed E-state index contributed by atoms with van der Waals surface area (Å²) in [5.74, 6) is 0.254. The van der Waals surface area contributed by atoms with Crippen LogP contribution in [0.1, 0.15) is 19.4 Å². The van der Waals surface area contributed by atoms with Crippen LogP contribution in [0.5, 0.6) is 5.75 Å². The molecule has 6 heteroatoms.